The van der Waals surface area contributed by atoms with Crippen LogP contribution in [0.3, 0.4) is 0 Å². The summed E-state index contributed by atoms with van der Waals surface area (Å²) in [4.78, 5) is 11.5. The predicted molar refractivity (Wildman–Crippen MR) is 74.7 cm³/mol. The van der Waals surface area contributed by atoms with Crippen molar-refractivity contribution in [2.75, 3.05) is 27.9 Å². The van der Waals surface area contributed by atoms with E-state index in [1.807, 2.05) is 0 Å². The molecule has 20 heavy (non-hydrogen) atoms. The number of hydrogen-bond donors (Lipinski definition) is 2. The molecule has 0 aromatic heterocycles. The number of aliphatic carboxylic acids is 1. The summed E-state index contributed by atoms with van der Waals surface area (Å²) < 4.78 is 15.6. The van der Waals surface area contributed by atoms with Crippen LogP contribution in [0.2, 0.25) is 0 Å². The van der Waals surface area contributed by atoms with Gasteiger partial charge < -0.3 is 19.3 Å². The Bertz CT molecular complexity index is 461. The van der Waals surface area contributed by atoms with Gasteiger partial charge in [0.2, 0.25) is 0 Å². The number of carboxylic acid groups (broad SMARTS) is 1. The van der Waals surface area contributed by atoms with E-state index >= 15 is 0 Å². The third kappa shape index (κ3) is 3.42. The highest BCUT2D eigenvalue weighted by atomic mass is 16.5. The van der Waals surface area contributed by atoms with Crippen LogP contribution in [-0.4, -0.2) is 38.9 Å². The molecule has 0 heterocycles. The number of hydrogen-bond acceptors (Lipinski definition) is 5. The lowest BCUT2D eigenvalue weighted by Crippen LogP contribution is -2.29. The van der Waals surface area contributed by atoms with Crippen LogP contribution < -0.4 is 19.5 Å². The van der Waals surface area contributed by atoms with E-state index in [1.54, 1.807) is 18.2 Å². The van der Waals surface area contributed by atoms with Crippen LogP contribution in [0.1, 0.15) is 11.6 Å². The Morgan fingerprint density at radius 2 is 1.85 bits per heavy atom. The maximum absolute atomic E-state index is 11.5. The first-order chi connectivity index (χ1) is 9.58. The van der Waals surface area contributed by atoms with Crippen LogP contribution in [0.25, 0.3) is 0 Å². The first-order valence-electron chi connectivity index (χ1n) is 5.96. The zero-order valence-electron chi connectivity index (χ0n) is 11.8. The first-order valence-corrected chi connectivity index (χ1v) is 5.96. The van der Waals surface area contributed by atoms with Gasteiger partial charge in [0, 0.05) is 18.7 Å². The van der Waals surface area contributed by atoms with Crippen molar-refractivity contribution in [3.8, 4) is 17.2 Å². The van der Waals surface area contributed by atoms with E-state index in [9.17, 15) is 9.90 Å². The van der Waals surface area contributed by atoms with E-state index in [1.165, 1.54) is 21.3 Å². The second-order valence-electron chi connectivity index (χ2n) is 3.91. The summed E-state index contributed by atoms with van der Waals surface area (Å²) in [7, 11) is 4.44. The number of carboxylic acids is 1. The van der Waals surface area contributed by atoms with Crippen LogP contribution in [0.5, 0.6) is 17.2 Å². The summed E-state index contributed by atoms with van der Waals surface area (Å²) in [5, 5.41) is 12.2. The van der Waals surface area contributed by atoms with Crippen molar-refractivity contribution < 1.29 is 24.1 Å². The van der Waals surface area contributed by atoms with E-state index in [0.717, 1.165) is 0 Å². The van der Waals surface area contributed by atoms with E-state index in [4.69, 9.17) is 14.2 Å². The number of methoxy groups -OCH3 is 3. The second kappa shape index (κ2) is 7.40. The zero-order valence-corrected chi connectivity index (χ0v) is 11.8. The summed E-state index contributed by atoms with van der Waals surface area (Å²) >= 11 is 0. The fourth-order valence-corrected chi connectivity index (χ4v) is 1.83. The van der Waals surface area contributed by atoms with Crippen molar-refractivity contribution >= 4 is 5.97 Å². The molecule has 0 saturated carbocycles. The second-order valence-corrected chi connectivity index (χ2v) is 3.91. The maximum atomic E-state index is 11.5. The van der Waals surface area contributed by atoms with Crippen molar-refractivity contribution in [3.05, 3.63) is 30.4 Å². The highest BCUT2D eigenvalue weighted by Gasteiger charge is 2.27. The molecule has 1 aromatic rings. The average Bonchev–Trinajstić information content (AvgIpc) is 2.46. The molecule has 0 radical (unpaired) electrons. The molecule has 1 unspecified atom stereocenters. The minimum Gasteiger partial charge on any atom is -0.496 e. The summed E-state index contributed by atoms with van der Waals surface area (Å²) in [5.74, 6) is 0.249. The highest BCUT2D eigenvalue weighted by Crippen LogP contribution is 2.38. The molecule has 0 spiro atoms. The predicted octanol–water partition coefficient (Wildman–Crippen LogP) is 1.61. The van der Waals surface area contributed by atoms with Crippen molar-refractivity contribution in [1.82, 2.24) is 5.32 Å². The lowest BCUT2D eigenvalue weighted by molar-refractivity contribution is -0.139. The summed E-state index contributed by atoms with van der Waals surface area (Å²) in [6, 6.07) is 2.26. The van der Waals surface area contributed by atoms with Gasteiger partial charge >= 0.3 is 5.97 Å². The zero-order chi connectivity index (χ0) is 15.1. The van der Waals surface area contributed by atoms with Gasteiger partial charge in [-0.1, -0.05) is 6.08 Å². The average molecular weight is 281 g/mol. The molecule has 0 saturated heterocycles. The molecule has 0 fully saturated rings. The van der Waals surface area contributed by atoms with Crippen LogP contribution in [-0.2, 0) is 4.79 Å². The normalized spacial score (nSPS) is 11.6. The standard InChI is InChI=1S/C14H19NO5/c1-5-6-15-13(14(16)17)12-10(19-3)7-9(18-2)8-11(12)20-4/h5,7-8,13,15H,1,6H2,2-4H3,(H,16,17). The minimum atomic E-state index is -1.03. The van der Waals surface area contributed by atoms with Crippen LogP contribution >= 0.6 is 0 Å². The molecule has 2 N–H and O–H groups in total. The highest BCUT2D eigenvalue weighted by molar-refractivity contribution is 5.78. The van der Waals surface area contributed by atoms with Gasteiger partial charge in [-0.3, -0.25) is 10.1 Å². The Morgan fingerprint density at radius 3 is 2.20 bits per heavy atom. The monoisotopic (exact) mass is 281 g/mol. The van der Waals surface area contributed by atoms with Gasteiger partial charge in [0.25, 0.3) is 0 Å². The molecule has 0 amide bonds. The summed E-state index contributed by atoms with van der Waals surface area (Å²) in [6.45, 7) is 3.90. The van der Waals surface area contributed by atoms with E-state index in [0.29, 0.717) is 29.4 Å². The van der Waals surface area contributed by atoms with Crippen molar-refractivity contribution in [2.45, 2.75) is 6.04 Å². The number of carbonyl (C=O) groups is 1. The van der Waals surface area contributed by atoms with Crippen molar-refractivity contribution in [2.24, 2.45) is 0 Å². The third-order valence-electron chi connectivity index (χ3n) is 2.76. The number of ether oxygens (including phenoxy) is 3. The van der Waals surface area contributed by atoms with Gasteiger partial charge in [0.15, 0.2) is 0 Å². The van der Waals surface area contributed by atoms with Gasteiger partial charge in [-0.15, -0.1) is 6.58 Å². The van der Waals surface area contributed by atoms with Gasteiger partial charge in [-0.05, 0) is 0 Å². The molecular formula is C14H19NO5. The smallest absolute Gasteiger partial charge is 0.325 e. The Balaban J connectivity index is 3.37. The lowest BCUT2D eigenvalue weighted by Gasteiger charge is -2.20. The molecule has 6 nitrogen and oxygen atoms in total. The molecule has 1 rings (SSSR count). The topological polar surface area (TPSA) is 77.0 Å². The number of benzene rings is 1. The Labute approximate surface area is 118 Å². The Morgan fingerprint density at radius 1 is 1.30 bits per heavy atom. The quantitative estimate of drug-likeness (QED) is 0.705. The number of rotatable bonds is 8. The SMILES string of the molecule is C=CCNC(C(=O)O)c1c(OC)cc(OC)cc1OC. The molecule has 0 aliphatic carbocycles. The third-order valence-corrected chi connectivity index (χ3v) is 2.76. The molecule has 110 valence electrons. The molecule has 1 atom stereocenters. The summed E-state index contributed by atoms with van der Waals surface area (Å²) in [5.41, 5.74) is 0.408. The van der Waals surface area contributed by atoms with E-state index in [2.05, 4.69) is 11.9 Å². The van der Waals surface area contributed by atoms with E-state index in [-0.39, 0.29) is 0 Å². The fraction of sp³-hybridized carbons (Fsp3) is 0.357. The number of nitrogens with one attached hydrogen (secondary N) is 1. The van der Waals surface area contributed by atoms with Gasteiger partial charge in [0.1, 0.15) is 23.3 Å². The van der Waals surface area contributed by atoms with Gasteiger partial charge in [0.05, 0.1) is 26.9 Å². The van der Waals surface area contributed by atoms with Crippen molar-refractivity contribution in [1.29, 1.82) is 0 Å². The Kier molecular flexibility index (Phi) is 5.86. The van der Waals surface area contributed by atoms with Crippen LogP contribution in [0.4, 0.5) is 0 Å². The minimum absolute atomic E-state index is 0.343. The molecule has 0 aliphatic rings. The van der Waals surface area contributed by atoms with Gasteiger partial charge in [-0.2, -0.15) is 0 Å². The van der Waals surface area contributed by atoms with Crippen molar-refractivity contribution in [3.63, 3.8) is 0 Å². The summed E-state index contributed by atoms with van der Waals surface area (Å²) in [6.07, 6.45) is 1.58. The lowest BCUT2D eigenvalue weighted by atomic mass is 10.0. The maximum Gasteiger partial charge on any atom is 0.325 e. The van der Waals surface area contributed by atoms with Crippen LogP contribution in [0, 0.1) is 0 Å². The van der Waals surface area contributed by atoms with Gasteiger partial charge in [-0.25, -0.2) is 0 Å². The molecular weight excluding hydrogens is 262 g/mol. The molecule has 0 bridgehead atoms. The Hall–Kier alpha value is -2.21. The first kappa shape index (κ1) is 15.8. The molecule has 6 heteroatoms. The molecule has 1 aromatic carbocycles. The van der Waals surface area contributed by atoms with Crippen LogP contribution in [0.15, 0.2) is 24.8 Å². The molecule has 0 aliphatic heterocycles. The largest absolute Gasteiger partial charge is 0.496 e. The van der Waals surface area contributed by atoms with E-state index < -0.39 is 12.0 Å². The fourth-order valence-electron chi connectivity index (χ4n) is 1.83.